The molecule has 0 amide bonds. The van der Waals surface area contributed by atoms with E-state index in [0.29, 0.717) is 25.4 Å². The molecule has 2 heterocycles. The maximum absolute atomic E-state index is 11.8. The van der Waals surface area contributed by atoms with E-state index in [4.69, 9.17) is 10.5 Å². The first kappa shape index (κ1) is 12.7. The van der Waals surface area contributed by atoms with Crippen molar-refractivity contribution in [2.45, 2.75) is 13.5 Å². The number of rotatable bonds is 5. The average Bonchev–Trinajstić information content (AvgIpc) is 2.75. The van der Waals surface area contributed by atoms with Gasteiger partial charge in [0.2, 0.25) is 0 Å². The molecule has 96 valence electrons. The van der Waals surface area contributed by atoms with Crippen LogP contribution < -0.4 is 16.0 Å². The van der Waals surface area contributed by atoms with Gasteiger partial charge in [-0.25, -0.2) is 9.67 Å². The minimum Gasteiger partial charge on any atom is -0.490 e. The zero-order chi connectivity index (χ0) is 13.0. The van der Waals surface area contributed by atoms with Gasteiger partial charge in [-0.05, 0) is 6.92 Å². The topological polar surface area (TPSA) is 83.0 Å². The SMILES string of the molecule is Cc1csc(Cn2ncc(OCCN)cc2=O)n1. The van der Waals surface area contributed by atoms with Crippen LogP contribution in [0.2, 0.25) is 0 Å². The van der Waals surface area contributed by atoms with Crippen molar-refractivity contribution in [2.24, 2.45) is 5.73 Å². The first-order valence-electron chi connectivity index (χ1n) is 5.50. The first-order valence-corrected chi connectivity index (χ1v) is 6.38. The number of nitrogens with two attached hydrogens (primary N) is 1. The van der Waals surface area contributed by atoms with Crippen LogP contribution in [0, 0.1) is 6.92 Å². The van der Waals surface area contributed by atoms with Gasteiger partial charge in [-0.15, -0.1) is 11.3 Å². The minimum atomic E-state index is -0.211. The molecule has 2 rings (SSSR count). The van der Waals surface area contributed by atoms with Crippen LogP contribution in [-0.4, -0.2) is 27.9 Å². The zero-order valence-electron chi connectivity index (χ0n) is 10.00. The Morgan fingerprint density at radius 3 is 3.00 bits per heavy atom. The predicted octanol–water partition coefficient (Wildman–Crippen LogP) is 0.394. The largest absolute Gasteiger partial charge is 0.490 e. The monoisotopic (exact) mass is 266 g/mol. The summed E-state index contributed by atoms with van der Waals surface area (Å²) < 4.78 is 6.59. The number of hydrogen-bond donors (Lipinski definition) is 1. The highest BCUT2D eigenvalue weighted by Gasteiger charge is 2.04. The molecule has 6 nitrogen and oxygen atoms in total. The van der Waals surface area contributed by atoms with Gasteiger partial charge in [0.15, 0.2) is 0 Å². The van der Waals surface area contributed by atoms with Gasteiger partial charge in [0.05, 0.1) is 12.7 Å². The van der Waals surface area contributed by atoms with Crippen LogP contribution in [0.15, 0.2) is 22.4 Å². The molecule has 2 aromatic heterocycles. The van der Waals surface area contributed by atoms with E-state index >= 15 is 0 Å². The fourth-order valence-electron chi connectivity index (χ4n) is 1.39. The number of hydrogen-bond acceptors (Lipinski definition) is 6. The number of nitrogens with zero attached hydrogens (tertiary/aromatic N) is 3. The van der Waals surface area contributed by atoms with Crippen molar-refractivity contribution < 1.29 is 4.74 Å². The summed E-state index contributed by atoms with van der Waals surface area (Å²) in [6, 6.07) is 1.41. The van der Waals surface area contributed by atoms with Crippen LogP contribution in [0.4, 0.5) is 0 Å². The Kier molecular flexibility index (Phi) is 4.06. The lowest BCUT2D eigenvalue weighted by Crippen LogP contribution is -2.23. The second-order valence-electron chi connectivity index (χ2n) is 3.71. The fourth-order valence-corrected chi connectivity index (χ4v) is 2.15. The normalized spacial score (nSPS) is 10.6. The molecule has 7 heteroatoms. The molecule has 0 aromatic carbocycles. The van der Waals surface area contributed by atoms with Crippen molar-refractivity contribution in [3.8, 4) is 5.75 Å². The summed E-state index contributed by atoms with van der Waals surface area (Å²) in [6.45, 7) is 3.08. The standard InChI is InChI=1S/C11H14N4O2S/c1-8-7-18-10(14-8)6-15-11(16)4-9(5-13-15)17-3-2-12/h4-5,7H,2-3,6,12H2,1H3. The molecule has 0 saturated heterocycles. The van der Waals surface area contributed by atoms with Gasteiger partial charge in [0.25, 0.3) is 5.56 Å². The van der Waals surface area contributed by atoms with Crippen LogP contribution in [0.25, 0.3) is 0 Å². The molecule has 0 aliphatic rings. The Bertz CT molecular complexity index is 578. The molecule has 2 aromatic rings. The Morgan fingerprint density at radius 2 is 2.39 bits per heavy atom. The minimum absolute atomic E-state index is 0.211. The van der Waals surface area contributed by atoms with E-state index in [1.165, 1.54) is 28.3 Å². The van der Waals surface area contributed by atoms with E-state index in [2.05, 4.69) is 10.1 Å². The van der Waals surface area contributed by atoms with Gasteiger partial charge < -0.3 is 10.5 Å². The fraction of sp³-hybridized carbons (Fsp3) is 0.364. The highest BCUT2D eigenvalue weighted by Crippen LogP contribution is 2.09. The third-order valence-corrected chi connectivity index (χ3v) is 3.13. The van der Waals surface area contributed by atoms with Crippen LogP contribution in [-0.2, 0) is 6.54 Å². The summed E-state index contributed by atoms with van der Waals surface area (Å²) in [6.07, 6.45) is 1.51. The summed E-state index contributed by atoms with van der Waals surface area (Å²) in [5, 5.41) is 6.84. The van der Waals surface area contributed by atoms with E-state index in [-0.39, 0.29) is 5.56 Å². The number of ether oxygens (including phenoxy) is 1. The van der Waals surface area contributed by atoms with Crippen molar-refractivity contribution in [2.75, 3.05) is 13.2 Å². The van der Waals surface area contributed by atoms with Gasteiger partial charge in [0.1, 0.15) is 17.4 Å². The molecular weight excluding hydrogens is 252 g/mol. The van der Waals surface area contributed by atoms with Crippen molar-refractivity contribution >= 4 is 11.3 Å². The number of thiazole rings is 1. The van der Waals surface area contributed by atoms with Crippen molar-refractivity contribution in [1.29, 1.82) is 0 Å². The Morgan fingerprint density at radius 1 is 1.56 bits per heavy atom. The highest BCUT2D eigenvalue weighted by atomic mass is 32.1. The lowest BCUT2D eigenvalue weighted by molar-refractivity contribution is 0.324. The molecular formula is C11H14N4O2S. The van der Waals surface area contributed by atoms with E-state index < -0.39 is 0 Å². The van der Waals surface area contributed by atoms with Crippen LogP contribution in [0.5, 0.6) is 5.75 Å². The highest BCUT2D eigenvalue weighted by molar-refractivity contribution is 7.09. The van der Waals surface area contributed by atoms with Gasteiger partial charge in [0, 0.05) is 23.7 Å². The summed E-state index contributed by atoms with van der Waals surface area (Å²) >= 11 is 1.51. The molecule has 0 radical (unpaired) electrons. The summed E-state index contributed by atoms with van der Waals surface area (Å²) in [5.41, 5.74) is 6.05. The second-order valence-corrected chi connectivity index (χ2v) is 4.65. The first-order chi connectivity index (χ1) is 8.69. The van der Waals surface area contributed by atoms with Gasteiger partial charge in [-0.2, -0.15) is 5.10 Å². The third-order valence-electron chi connectivity index (χ3n) is 2.18. The van der Waals surface area contributed by atoms with Crippen molar-refractivity contribution in [3.63, 3.8) is 0 Å². The van der Waals surface area contributed by atoms with Gasteiger partial charge in [-0.3, -0.25) is 4.79 Å². The van der Waals surface area contributed by atoms with Gasteiger partial charge in [-0.1, -0.05) is 0 Å². The maximum atomic E-state index is 11.8. The van der Waals surface area contributed by atoms with Crippen LogP contribution in [0.3, 0.4) is 0 Å². The smallest absolute Gasteiger partial charge is 0.270 e. The van der Waals surface area contributed by atoms with Crippen LogP contribution >= 0.6 is 11.3 Å². The number of aromatic nitrogens is 3. The molecule has 0 saturated carbocycles. The van der Waals surface area contributed by atoms with E-state index in [1.807, 2.05) is 12.3 Å². The van der Waals surface area contributed by atoms with E-state index in [1.54, 1.807) is 0 Å². The quantitative estimate of drug-likeness (QED) is 0.846. The van der Waals surface area contributed by atoms with E-state index in [0.717, 1.165) is 10.7 Å². The molecule has 0 spiro atoms. The Hall–Kier alpha value is -1.73. The third kappa shape index (κ3) is 3.14. The molecule has 0 unspecified atom stereocenters. The molecule has 0 aliphatic carbocycles. The molecule has 18 heavy (non-hydrogen) atoms. The molecule has 0 fully saturated rings. The van der Waals surface area contributed by atoms with Gasteiger partial charge >= 0.3 is 0 Å². The van der Waals surface area contributed by atoms with Crippen molar-refractivity contribution in [1.82, 2.24) is 14.8 Å². The maximum Gasteiger partial charge on any atom is 0.270 e. The summed E-state index contributed by atoms with van der Waals surface area (Å²) in [7, 11) is 0. The van der Waals surface area contributed by atoms with Crippen LogP contribution in [0.1, 0.15) is 10.7 Å². The molecule has 0 aliphatic heterocycles. The Labute approximate surface area is 108 Å². The number of aryl methyl sites for hydroxylation is 1. The predicted molar refractivity (Wildman–Crippen MR) is 69.0 cm³/mol. The average molecular weight is 266 g/mol. The lowest BCUT2D eigenvalue weighted by atomic mass is 10.5. The summed E-state index contributed by atoms with van der Waals surface area (Å²) in [5.74, 6) is 0.442. The lowest BCUT2D eigenvalue weighted by Gasteiger charge is -2.05. The molecule has 0 atom stereocenters. The van der Waals surface area contributed by atoms with E-state index in [9.17, 15) is 4.79 Å². The van der Waals surface area contributed by atoms with Crippen molar-refractivity contribution in [3.05, 3.63) is 38.7 Å². The zero-order valence-corrected chi connectivity index (χ0v) is 10.8. The summed E-state index contributed by atoms with van der Waals surface area (Å²) in [4.78, 5) is 16.1. The molecule has 2 N–H and O–H groups in total. The Balaban J connectivity index is 2.12. The molecule has 0 bridgehead atoms. The second kappa shape index (κ2) is 5.74.